The molecule has 0 amide bonds. The van der Waals surface area contributed by atoms with Gasteiger partial charge in [0.15, 0.2) is 11.8 Å². The van der Waals surface area contributed by atoms with Crippen LogP contribution in [0.3, 0.4) is 0 Å². The second-order valence-electron chi connectivity index (χ2n) is 9.05. The number of nitrogens with zero attached hydrogens (tertiary/aromatic N) is 6. The number of hydrogen-bond donors (Lipinski definition) is 2. The van der Waals surface area contributed by atoms with Gasteiger partial charge in [-0.2, -0.15) is 5.10 Å². The smallest absolute Gasteiger partial charge is 0.208 e. The number of piperidine rings is 1. The van der Waals surface area contributed by atoms with Crippen LogP contribution in [-0.4, -0.2) is 62.8 Å². The third-order valence-corrected chi connectivity index (χ3v) is 6.55. The van der Waals surface area contributed by atoms with E-state index >= 15 is 0 Å². The van der Waals surface area contributed by atoms with Crippen LogP contribution in [0.5, 0.6) is 0 Å². The van der Waals surface area contributed by atoms with Crippen molar-refractivity contribution >= 4 is 29.9 Å². The van der Waals surface area contributed by atoms with Crippen molar-refractivity contribution in [1.29, 1.82) is 0 Å². The molecule has 0 spiro atoms. The van der Waals surface area contributed by atoms with Crippen LogP contribution in [0.15, 0.2) is 9.41 Å². The molecule has 2 N–H and O–H groups in total. The van der Waals surface area contributed by atoms with Gasteiger partial charge in [-0.3, -0.25) is 9.89 Å². The zero-order valence-electron chi connectivity index (χ0n) is 20.4. The molecule has 0 saturated carbocycles. The summed E-state index contributed by atoms with van der Waals surface area (Å²) in [5, 5.41) is 11.7. The standard InChI is InChI=1S/C23H38N8O.HI/c1-5-20-28-21-8-7-19(14-31(21)29-20)27-23(24-6-2)25-13-18-9-11-30(12-10-18)15-22-26-16(3)17(4)32-22;/h18-19H,5-15H2,1-4H3,(H2,24,25,27);1H. The van der Waals surface area contributed by atoms with Crippen LogP contribution in [0.2, 0.25) is 0 Å². The van der Waals surface area contributed by atoms with Crippen molar-refractivity contribution in [2.75, 3.05) is 26.2 Å². The molecule has 2 aromatic heterocycles. The molecule has 33 heavy (non-hydrogen) atoms. The molecule has 0 aliphatic carbocycles. The fourth-order valence-corrected chi connectivity index (χ4v) is 4.49. The van der Waals surface area contributed by atoms with Crippen molar-refractivity contribution in [3.63, 3.8) is 0 Å². The van der Waals surface area contributed by atoms with Gasteiger partial charge < -0.3 is 15.1 Å². The summed E-state index contributed by atoms with van der Waals surface area (Å²) in [5.41, 5.74) is 0.997. The third-order valence-electron chi connectivity index (χ3n) is 6.55. The molecule has 1 unspecified atom stereocenters. The van der Waals surface area contributed by atoms with E-state index in [1.807, 2.05) is 13.8 Å². The summed E-state index contributed by atoms with van der Waals surface area (Å²) < 4.78 is 7.82. The molecule has 1 saturated heterocycles. The molecule has 1 atom stereocenters. The maximum atomic E-state index is 5.75. The minimum Gasteiger partial charge on any atom is -0.444 e. The number of nitrogens with one attached hydrogen (secondary N) is 2. The number of guanidine groups is 1. The molecule has 1 fully saturated rings. The van der Waals surface area contributed by atoms with E-state index in [0.29, 0.717) is 12.0 Å². The number of hydrogen-bond acceptors (Lipinski definition) is 6. The topological polar surface area (TPSA) is 96.4 Å². The highest BCUT2D eigenvalue weighted by Crippen LogP contribution is 2.20. The van der Waals surface area contributed by atoms with Crippen LogP contribution >= 0.6 is 24.0 Å². The molecule has 0 radical (unpaired) electrons. The Morgan fingerprint density at radius 3 is 2.61 bits per heavy atom. The van der Waals surface area contributed by atoms with Gasteiger partial charge in [0.05, 0.1) is 18.8 Å². The van der Waals surface area contributed by atoms with E-state index in [4.69, 9.17) is 9.41 Å². The fourth-order valence-electron chi connectivity index (χ4n) is 4.49. The summed E-state index contributed by atoms with van der Waals surface area (Å²) in [4.78, 5) is 16.5. The van der Waals surface area contributed by atoms with Crippen LogP contribution in [0.25, 0.3) is 0 Å². The summed E-state index contributed by atoms with van der Waals surface area (Å²) in [7, 11) is 0. The SMILES string of the molecule is CCNC(=NCC1CCN(Cc2nc(C)c(C)o2)CC1)NC1CCc2nc(CC)nn2C1.I. The van der Waals surface area contributed by atoms with Crippen molar-refractivity contribution in [2.24, 2.45) is 10.9 Å². The van der Waals surface area contributed by atoms with Gasteiger partial charge in [0.25, 0.3) is 0 Å². The summed E-state index contributed by atoms with van der Waals surface area (Å²) in [6.45, 7) is 13.7. The second kappa shape index (κ2) is 12.1. The maximum absolute atomic E-state index is 5.75. The molecule has 2 aliphatic rings. The van der Waals surface area contributed by atoms with Gasteiger partial charge in [-0.05, 0) is 59.0 Å². The normalized spacial score (nSPS) is 19.8. The highest BCUT2D eigenvalue weighted by Gasteiger charge is 2.23. The Kier molecular flexibility index (Phi) is 9.54. The first-order valence-electron chi connectivity index (χ1n) is 12.2. The minimum atomic E-state index is 0. The summed E-state index contributed by atoms with van der Waals surface area (Å²) in [6.07, 6.45) is 5.23. The van der Waals surface area contributed by atoms with Crippen molar-refractivity contribution in [1.82, 2.24) is 35.3 Å². The zero-order chi connectivity index (χ0) is 22.5. The number of likely N-dealkylation sites (tertiary alicyclic amines) is 1. The molecular formula is C23H39IN8O. The molecular weight excluding hydrogens is 531 g/mol. The van der Waals surface area contributed by atoms with Gasteiger partial charge in [-0.15, -0.1) is 24.0 Å². The predicted octanol–water partition coefficient (Wildman–Crippen LogP) is 2.85. The van der Waals surface area contributed by atoms with Crippen molar-refractivity contribution < 1.29 is 4.42 Å². The number of fused-ring (bicyclic) bond motifs is 1. The first kappa shape index (κ1) is 25.9. The quantitative estimate of drug-likeness (QED) is 0.300. The summed E-state index contributed by atoms with van der Waals surface area (Å²) >= 11 is 0. The average molecular weight is 571 g/mol. The van der Waals surface area contributed by atoms with Crippen molar-refractivity contribution in [3.8, 4) is 0 Å². The lowest BCUT2D eigenvalue weighted by molar-refractivity contribution is 0.166. The Morgan fingerprint density at radius 2 is 1.94 bits per heavy atom. The number of aliphatic imine (C=N–C) groups is 1. The van der Waals surface area contributed by atoms with Crippen LogP contribution in [0, 0.1) is 19.8 Å². The number of rotatable bonds is 7. The Balaban J connectivity index is 0.00000306. The highest BCUT2D eigenvalue weighted by molar-refractivity contribution is 14.0. The zero-order valence-corrected chi connectivity index (χ0v) is 22.8. The molecule has 10 heteroatoms. The van der Waals surface area contributed by atoms with E-state index in [0.717, 1.165) is 106 Å². The second-order valence-corrected chi connectivity index (χ2v) is 9.05. The molecule has 9 nitrogen and oxygen atoms in total. The monoisotopic (exact) mass is 570 g/mol. The molecule has 4 heterocycles. The van der Waals surface area contributed by atoms with Gasteiger partial charge in [-0.25, -0.2) is 14.6 Å². The van der Waals surface area contributed by atoms with Gasteiger partial charge in [0, 0.05) is 32.0 Å². The van der Waals surface area contributed by atoms with Gasteiger partial charge >= 0.3 is 0 Å². The number of aryl methyl sites for hydroxylation is 4. The largest absolute Gasteiger partial charge is 0.444 e. The highest BCUT2D eigenvalue weighted by atomic mass is 127. The van der Waals surface area contributed by atoms with E-state index < -0.39 is 0 Å². The number of oxazole rings is 1. The first-order valence-corrected chi connectivity index (χ1v) is 12.2. The average Bonchev–Trinajstić information content (AvgIpc) is 3.34. The Labute approximate surface area is 214 Å². The van der Waals surface area contributed by atoms with E-state index in [9.17, 15) is 0 Å². The Morgan fingerprint density at radius 1 is 1.15 bits per heavy atom. The Bertz CT molecular complexity index is 896. The Hall–Kier alpha value is -1.69. The lowest BCUT2D eigenvalue weighted by atomic mass is 9.97. The van der Waals surface area contributed by atoms with E-state index in [1.54, 1.807) is 0 Å². The lowest BCUT2D eigenvalue weighted by Crippen LogP contribution is -2.47. The molecule has 2 aliphatic heterocycles. The lowest BCUT2D eigenvalue weighted by Gasteiger charge is -2.30. The number of halogens is 1. The van der Waals surface area contributed by atoms with Crippen LogP contribution in [-0.2, 0) is 25.9 Å². The van der Waals surface area contributed by atoms with Crippen molar-refractivity contribution in [3.05, 3.63) is 29.0 Å². The molecule has 2 aromatic rings. The van der Waals surface area contributed by atoms with Crippen LogP contribution < -0.4 is 10.6 Å². The maximum Gasteiger partial charge on any atom is 0.208 e. The minimum absolute atomic E-state index is 0. The molecule has 4 rings (SSSR count). The third kappa shape index (κ3) is 6.91. The van der Waals surface area contributed by atoms with Crippen LogP contribution in [0.1, 0.15) is 62.1 Å². The molecule has 0 bridgehead atoms. The van der Waals surface area contributed by atoms with Gasteiger partial charge in [-0.1, -0.05) is 6.92 Å². The molecule has 184 valence electrons. The van der Waals surface area contributed by atoms with E-state index in [-0.39, 0.29) is 24.0 Å². The first-order chi connectivity index (χ1) is 15.5. The van der Waals surface area contributed by atoms with E-state index in [1.165, 1.54) is 0 Å². The van der Waals surface area contributed by atoms with Crippen LogP contribution in [0.4, 0.5) is 0 Å². The van der Waals surface area contributed by atoms with E-state index in [2.05, 4.69) is 49.1 Å². The number of aromatic nitrogens is 4. The summed E-state index contributed by atoms with van der Waals surface area (Å²) in [5.74, 6) is 5.37. The fraction of sp³-hybridized carbons (Fsp3) is 0.739. The van der Waals surface area contributed by atoms with Gasteiger partial charge in [0.1, 0.15) is 11.6 Å². The van der Waals surface area contributed by atoms with Gasteiger partial charge in [0.2, 0.25) is 5.89 Å². The summed E-state index contributed by atoms with van der Waals surface area (Å²) in [6, 6.07) is 0.335. The molecule has 0 aromatic carbocycles. The van der Waals surface area contributed by atoms with Crippen molar-refractivity contribution in [2.45, 2.75) is 78.9 Å². The predicted molar refractivity (Wildman–Crippen MR) is 140 cm³/mol.